The summed E-state index contributed by atoms with van der Waals surface area (Å²) in [5, 5.41) is 13.4. The highest BCUT2D eigenvalue weighted by Crippen LogP contribution is 2.26. The molecule has 0 aromatic carbocycles. The third kappa shape index (κ3) is 2.93. The fourth-order valence-corrected chi connectivity index (χ4v) is 4.11. The molecule has 4 nitrogen and oxygen atoms in total. The van der Waals surface area contributed by atoms with Crippen LogP contribution < -0.4 is 4.90 Å². The Hall–Kier alpha value is -0.650. The molecule has 1 saturated carbocycles. The zero-order chi connectivity index (χ0) is 13.2. The summed E-state index contributed by atoms with van der Waals surface area (Å²) in [6.07, 6.45) is 4.50. The molecular formula is C14H23N3OS. The molecule has 5 heteroatoms. The van der Waals surface area contributed by atoms with Crippen LogP contribution in [0.2, 0.25) is 0 Å². The van der Waals surface area contributed by atoms with E-state index >= 15 is 0 Å². The molecule has 0 radical (unpaired) electrons. The Balaban J connectivity index is 1.57. The first-order valence-corrected chi connectivity index (χ1v) is 8.21. The minimum atomic E-state index is -0.109. The van der Waals surface area contributed by atoms with Gasteiger partial charge in [-0.2, -0.15) is 0 Å². The summed E-state index contributed by atoms with van der Waals surface area (Å²) in [5.74, 6) is 0. The van der Waals surface area contributed by atoms with Crippen molar-refractivity contribution in [1.29, 1.82) is 0 Å². The maximum absolute atomic E-state index is 10.1. The fourth-order valence-electron chi connectivity index (χ4n) is 3.25. The van der Waals surface area contributed by atoms with Crippen molar-refractivity contribution in [3.8, 4) is 0 Å². The maximum Gasteiger partial charge on any atom is 0.185 e. The van der Waals surface area contributed by atoms with Gasteiger partial charge < -0.3 is 10.0 Å². The largest absolute Gasteiger partial charge is 0.391 e. The molecule has 2 heterocycles. The van der Waals surface area contributed by atoms with Crippen molar-refractivity contribution in [2.75, 3.05) is 31.1 Å². The molecule has 1 aromatic rings. The van der Waals surface area contributed by atoms with Crippen molar-refractivity contribution in [2.24, 2.45) is 0 Å². The third-order valence-electron chi connectivity index (χ3n) is 4.35. The van der Waals surface area contributed by atoms with Crippen LogP contribution >= 0.6 is 11.3 Å². The SMILES string of the molecule is Cc1csc(N2CCN(C3CCCCC3O)CC2)n1. The van der Waals surface area contributed by atoms with E-state index in [0.717, 1.165) is 49.8 Å². The molecule has 19 heavy (non-hydrogen) atoms. The molecule has 1 aliphatic heterocycles. The summed E-state index contributed by atoms with van der Waals surface area (Å²) in [5.41, 5.74) is 1.12. The van der Waals surface area contributed by atoms with E-state index in [2.05, 4.69) is 27.1 Å². The van der Waals surface area contributed by atoms with E-state index in [0.29, 0.717) is 6.04 Å². The average Bonchev–Trinajstić information content (AvgIpc) is 2.86. The van der Waals surface area contributed by atoms with Crippen LogP contribution in [-0.2, 0) is 0 Å². The van der Waals surface area contributed by atoms with Crippen LogP contribution in [0, 0.1) is 6.92 Å². The van der Waals surface area contributed by atoms with E-state index < -0.39 is 0 Å². The van der Waals surface area contributed by atoms with E-state index in [9.17, 15) is 5.11 Å². The van der Waals surface area contributed by atoms with E-state index in [1.165, 1.54) is 12.8 Å². The van der Waals surface area contributed by atoms with Gasteiger partial charge in [-0.1, -0.05) is 12.8 Å². The van der Waals surface area contributed by atoms with E-state index in [1.807, 2.05) is 0 Å². The van der Waals surface area contributed by atoms with Crippen LogP contribution in [0.25, 0.3) is 0 Å². The number of rotatable bonds is 2. The summed E-state index contributed by atoms with van der Waals surface area (Å²) in [6, 6.07) is 0.397. The molecule has 2 aliphatic rings. The second-order valence-corrected chi connectivity index (χ2v) is 6.55. The highest BCUT2D eigenvalue weighted by molar-refractivity contribution is 7.13. The lowest BCUT2D eigenvalue weighted by atomic mass is 9.91. The average molecular weight is 281 g/mol. The predicted octanol–water partition coefficient (Wildman–Crippen LogP) is 1.88. The van der Waals surface area contributed by atoms with E-state index in [1.54, 1.807) is 11.3 Å². The van der Waals surface area contributed by atoms with Gasteiger partial charge in [0.25, 0.3) is 0 Å². The third-order valence-corrected chi connectivity index (χ3v) is 5.37. The number of aliphatic hydroxyl groups is 1. The monoisotopic (exact) mass is 281 g/mol. The highest BCUT2D eigenvalue weighted by atomic mass is 32.1. The summed E-state index contributed by atoms with van der Waals surface area (Å²) in [6.45, 7) is 6.24. The molecule has 1 aromatic heterocycles. The number of nitrogens with zero attached hydrogens (tertiary/aromatic N) is 3. The molecule has 1 saturated heterocycles. The van der Waals surface area contributed by atoms with Crippen LogP contribution in [0.1, 0.15) is 31.4 Å². The molecule has 3 rings (SSSR count). The van der Waals surface area contributed by atoms with Gasteiger partial charge in [0.05, 0.1) is 11.8 Å². The molecule has 1 aliphatic carbocycles. The number of piperazine rings is 1. The van der Waals surface area contributed by atoms with Crippen LogP contribution in [0.5, 0.6) is 0 Å². The first-order valence-electron chi connectivity index (χ1n) is 7.33. The molecule has 2 unspecified atom stereocenters. The Morgan fingerprint density at radius 3 is 2.58 bits per heavy atom. The van der Waals surface area contributed by atoms with Gasteiger partial charge in [0, 0.05) is 37.6 Å². The molecule has 2 atom stereocenters. The second kappa shape index (κ2) is 5.77. The normalized spacial score (nSPS) is 29.7. The standard InChI is InChI=1S/C14H23N3OS/c1-11-10-19-14(15-11)17-8-6-16(7-9-17)12-4-2-3-5-13(12)18/h10,12-13,18H,2-9H2,1H3. The number of aliphatic hydroxyl groups excluding tert-OH is 1. The van der Waals surface area contributed by atoms with Crippen molar-refractivity contribution in [3.63, 3.8) is 0 Å². The van der Waals surface area contributed by atoms with Crippen molar-refractivity contribution in [1.82, 2.24) is 9.88 Å². The highest BCUT2D eigenvalue weighted by Gasteiger charge is 2.31. The quantitative estimate of drug-likeness (QED) is 0.898. The topological polar surface area (TPSA) is 39.6 Å². The minimum Gasteiger partial charge on any atom is -0.391 e. The Kier molecular flexibility index (Phi) is 4.05. The van der Waals surface area contributed by atoms with Crippen LogP contribution in [-0.4, -0.2) is 53.3 Å². The first-order chi connectivity index (χ1) is 9.24. The zero-order valence-electron chi connectivity index (χ0n) is 11.6. The van der Waals surface area contributed by atoms with Gasteiger partial charge in [-0.3, -0.25) is 4.90 Å². The van der Waals surface area contributed by atoms with Gasteiger partial charge in [-0.15, -0.1) is 11.3 Å². The number of aryl methyl sites for hydroxylation is 1. The molecule has 2 fully saturated rings. The Bertz CT molecular complexity index is 415. The van der Waals surface area contributed by atoms with Crippen LogP contribution in [0.4, 0.5) is 5.13 Å². The molecular weight excluding hydrogens is 258 g/mol. The van der Waals surface area contributed by atoms with Gasteiger partial charge in [-0.05, 0) is 19.8 Å². The van der Waals surface area contributed by atoms with E-state index in [4.69, 9.17) is 0 Å². The van der Waals surface area contributed by atoms with Gasteiger partial charge in [0.1, 0.15) is 0 Å². The van der Waals surface area contributed by atoms with Crippen molar-refractivity contribution >= 4 is 16.5 Å². The first kappa shape index (κ1) is 13.3. The number of hydrogen-bond acceptors (Lipinski definition) is 5. The van der Waals surface area contributed by atoms with Gasteiger partial charge >= 0.3 is 0 Å². The zero-order valence-corrected chi connectivity index (χ0v) is 12.4. The van der Waals surface area contributed by atoms with Crippen molar-refractivity contribution < 1.29 is 5.11 Å². The Labute approximate surface area is 119 Å². The number of anilines is 1. The summed E-state index contributed by atoms with van der Waals surface area (Å²) in [4.78, 5) is 9.43. The molecule has 1 N–H and O–H groups in total. The lowest BCUT2D eigenvalue weighted by Gasteiger charge is -2.42. The Morgan fingerprint density at radius 2 is 1.95 bits per heavy atom. The number of aromatic nitrogens is 1. The minimum absolute atomic E-state index is 0.109. The number of hydrogen-bond donors (Lipinski definition) is 1. The van der Waals surface area contributed by atoms with Gasteiger partial charge in [-0.25, -0.2) is 4.98 Å². The van der Waals surface area contributed by atoms with Crippen molar-refractivity contribution in [3.05, 3.63) is 11.1 Å². The van der Waals surface area contributed by atoms with Crippen LogP contribution in [0.15, 0.2) is 5.38 Å². The molecule has 106 valence electrons. The molecule has 0 spiro atoms. The van der Waals surface area contributed by atoms with Crippen LogP contribution in [0.3, 0.4) is 0 Å². The van der Waals surface area contributed by atoms with E-state index in [-0.39, 0.29) is 6.10 Å². The predicted molar refractivity (Wildman–Crippen MR) is 78.9 cm³/mol. The molecule has 0 bridgehead atoms. The van der Waals surface area contributed by atoms with Crippen molar-refractivity contribution in [2.45, 2.75) is 44.8 Å². The summed E-state index contributed by atoms with van der Waals surface area (Å²) >= 11 is 1.74. The lowest BCUT2D eigenvalue weighted by Crippen LogP contribution is -2.54. The summed E-state index contributed by atoms with van der Waals surface area (Å²) in [7, 11) is 0. The van der Waals surface area contributed by atoms with Gasteiger partial charge in [0.15, 0.2) is 5.13 Å². The fraction of sp³-hybridized carbons (Fsp3) is 0.786. The maximum atomic E-state index is 10.1. The second-order valence-electron chi connectivity index (χ2n) is 5.71. The Morgan fingerprint density at radius 1 is 1.21 bits per heavy atom. The summed E-state index contributed by atoms with van der Waals surface area (Å²) < 4.78 is 0. The molecule has 0 amide bonds. The lowest BCUT2D eigenvalue weighted by molar-refractivity contribution is 0.0173. The van der Waals surface area contributed by atoms with Gasteiger partial charge in [0.2, 0.25) is 0 Å². The number of thiazole rings is 1. The smallest absolute Gasteiger partial charge is 0.185 e.